The smallest absolute Gasteiger partial charge is 0.338 e. The monoisotopic (exact) mass is 413 g/mol. The van der Waals surface area contributed by atoms with Gasteiger partial charge in [0.25, 0.3) is 5.69 Å². The Balaban J connectivity index is 2.11. The fourth-order valence-corrected chi connectivity index (χ4v) is 3.02. The van der Waals surface area contributed by atoms with Crippen molar-refractivity contribution in [2.75, 3.05) is 20.5 Å². The number of rotatable bonds is 11. The SMILES string of the molecule is COCOC[C@H](C)/C=C(/C)C[C@@H](OC(=O)c1ccc([N+](=O)[O-])cc1)c1ccccc1. The van der Waals surface area contributed by atoms with Gasteiger partial charge in [-0.3, -0.25) is 10.1 Å². The molecule has 0 saturated carbocycles. The van der Waals surface area contributed by atoms with Crippen LogP contribution in [-0.4, -0.2) is 31.4 Å². The number of esters is 1. The van der Waals surface area contributed by atoms with Crippen LogP contribution in [0.1, 0.15) is 42.3 Å². The lowest BCUT2D eigenvalue weighted by atomic mass is 9.99. The van der Waals surface area contributed by atoms with E-state index in [2.05, 4.69) is 6.08 Å². The number of nitro groups is 1. The lowest BCUT2D eigenvalue weighted by Gasteiger charge is -2.20. The Kier molecular flexibility index (Phi) is 9.18. The van der Waals surface area contributed by atoms with Gasteiger partial charge in [-0.1, -0.05) is 48.9 Å². The Bertz CT molecular complexity index is 848. The number of carbonyl (C=O) groups is 1. The first-order valence-electron chi connectivity index (χ1n) is 9.65. The predicted octanol–water partition coefficient (Wildman–Crippen LogP) is 5.09. The number of non-ortho nitro benzene ring substituents is 1. The van der Waals surface area contributed by atoms with Crippen LogP contribution in [0, 0.1) is 16.0 Å². The summed E-state index contributed by atoms with van der Waals surface area (Å²) >= 11 is 0. The van der Waals surface area contributed by atoms with Crippen molar-refractivity contribution in [1.29, 1.82) is 0 Å². The highest BCUT2D eigenvalue weighted by atomic mass is 16.7. The molecule has 2 atom stereocenters. The molecule has 7 nitrogen and oxygen atoms in total. The van der Waals surface area contributed by atoms with E-state index >= 15 is 0 Å². The average Bonchev–Trinajstić information content (AvgIpc) is 2.74. The molecule has 0 fully saturated rings. The quantitative estimate of drug-likeness (QED) is 0.127. The van der Waals surface area contributed by atoms with Crippen molar-refractivity contribution in [1.82, 2.24) is 0 Å². The maximum atomic E-state index is 12.6. The minimum absolute atomic E-state index is 0.0744. The van der Waals surface area contributed by atoms with Gasteiger partial charge in [-0.05, 0) is 30.5 Å². The van der Waals surface area contributed by atoms with Crippen LogP contribution < -0.4 is 0 Å². The highest BCUT2D eigenvalue weighted by Gasteiger charge is 2.19. The third-order valence-electron chi connectivity index (χ3n) is 4.39. The summed E-state index contributed by atoms with van der Waals surface area (Å²) in [5, 5.41) is 10.8. The van der Waals surface area contributed by atoms with Gasteiger partial charge in [0.05, 0.1) is 17.1 Å². The predicted molar refractivity (Wildman–Crippen MR) is 113 cm³/mol. The molecule has 2 aromatic carbocycles. The van der Waals surface area contributed by atoms with E-state index in [1.165, 1.54) is 24.3 Å². The number of nitro benzene ring substituents is 1. The zero-order valence-corrected chi connectivity index (χ0v) is 17.4. The maximum Gasteiger partial charge on any atom is 0.338 e. The molecule has 0 aliphatic heterocycles. The van der Waals surface area contributed by atoms with Crippen molar-refractivity contribution in [3.05, 3.63) is 87.5 Å². The van der Waals surface area contributed by atoms with Crippen molar-refractivity contribution in [3.63, 3.8) is 0 Å². The lowest BCUT2D eigenvalue weighted by molar-refractivity contribution is -0.384. The summed E-state index contributed by atoms with van der Waals surface area (Å²) in [7, 11) is 1.58. The number of hydrogen-bond acceptors (Lipinski definition) is 6. The highest BCUT2D eigenvalue weighted by Crippen LogP contribution is 2.27. The second-order valence-corrected chi connectivity index (χ2v) is 7.08. The fraction of sp³-hybridized carbons (Fsp3) is 0.348. The summed E-state index contributed by atoms with van der Waals surface area (Å²) in [6.07, 6.45) is 2.14. The molecule has 0 saturated heterocycles. The molecular formula is C23H27NO6. The van der Waals surface area contributed by atoms with Gasteiger partial charge in [0.15, 0.2) is 0 Å². The van der Waals surface area contributed by atoms with E-state index in [1.807, 2.05) is 44.2 Å². The lowest BCUT2D eigenvalue weighted by Crippen LogP contribution is -2.13. The summed E-state index contributed by atoms with van der Waals surface area (Å²) in [5.41, 5.74) is 2.14. The molecule has 0 aliphatic carbocycles. The van der Waals surface area contributed by atoms with Crippen LogP contribution in [-0.2, 0) is 14.2 Å². The normalized spacial score (nSPS) is 13.5. The van der Waals surface area contributed by atoms with Gasteiger partial charge in [0.1, 0.15) is 12.9 Å². The highest BCUT2D eigenvalue weighted by molar-refractivity contribution is 5.89. The Morgan fingerprint density at radius 3 is 2.40 bits per heavy atom. The van der Waals surface area contributed by atoms with Gasteiger partial charge >= 0.3 is 5.97 Å². The van der Waals surface area contributed by atoms with E-state index in [9.17, 15) is 14.9 Å². The Morgan fingerprint density at radius 2 is 1.80 bits per heavy atom. The van der Waals surface area contributed by atoms with Crippen LogP contribution in [0.15, 0.2) is 66.2 Å². The summed E-state index contributed by atoms with van der Waals surface area (Å²) in [5.74, 6) is -0.343. The molecule has 7 heteroatoms. The van der Waals surface area contributed by atoms with Gasteiger partial charge in [0.2, 0.25) is 0 Å². The molecule has 0 unspecified atom stereocenters. The third-order valence-corrected chi connectivity index (χ3v) is 4.39. The standard InChI is InChI=1S/C23H27NO6/c1-17(13-18(2)15-29-16-28-3)14-22(19-7-5-4-6-8-19)30-23(25)20-9-11-21(12-10-20)24(26)27/h4-13,18,22H,14-16H2,1-3H3/b17-13-/t18-,22-/m1/s1. The number of benzene rings is 2. The van der Waals surface area contributed by atoms with Crippen LogP contribution in [0.5, 0.6) is 0 Å². The van der Waals surface area contributed by atoms with Gasteiger partial charge < -0.3 is 14.2 Å². The van der Waals surface area contributed by atoms with Crippen LogP contribution >= 0.6 is 0 Å². The van der Waals surface area contributed by atoms with Crippen molar-refractivity contribution in [2.45, 2.75) is 26.4 Å². The molecule has 0 radical (unpaired) electrons. The number of nitrogens with zero attached hydrogens (tertiary/aromatic N) is 1. The molecule has 0 N–H and O–H groups in total. The van der Waals surface area contributed by atoms with Gasteiger partial charge in [-0.15, -0.1) is 0 Å². The fourth-order valence-electron chi connectivity index (χ4n) is 3.02. The molecular weight excluding hydrogens is 386 g/mol. The molecule has 0 heterocycles. The van der Waals surface area contributed by atoms with Crippen molar-refractivity contribution < 1.29 is 23.9 Å². The molecule has 2 aromatic rings. The minimum Gasteiger partial charge on any atom is -0.454 e. The first-order valence-corrected chi connectivity index (χ1v) is 9.65. The molecule has 0 aromatic heterocycles. The topological polar surface area (TPSA) is 87.9 Å². The van der Waals surface area contributed by atoms with Crippen LogP contribution in [0.2, 0.25) is 0 Å². The van der Waals surface area contributed by atoms with Crippen molar-refractivity contribution in [3.8, 4) is 0 Å². The van der Waals surface area contributed by atoms with Crippen LogP contribution in [0.25, 0.3) is 0 Å². The zero-order valence-electron chi connectivity index (χ0n) is 17.4. The number of carbonyl (C=O) groups excluding carboxylic acids is 1. The van der Waals surface area contributed by atoms with Crippen molar-refractivity contribution in [2.24, 2.45) is 5.92 Å². The first-order chi connectivity index (χ1) is 14.4. The molecule has 30 heavy (non-hydrogen) atoms. The van der Waals surface area contributed by atoms with E-state index in [1.54, 1.807) is 7.11 Å². The van der Waals surface area contributed by atoms with Crippen LogP contribution in [0.3, 0.4) is 0 Å². The summed E-state index contributed by atoms with van der Waals surface area (Å²) in [6.45, 7) is 4.81. The Morgan fingerprint density at radius 1 is 1.13 bits per heavy atom. The molecule has 0 bridgehead atoms. The summed E-state index contributed by atoms with van der Waals surface area (Å²) < 4.78 is 16.0. The van der Waals surface area contributed by atoms with E-state index < -0.39 is 17.0 Å². The van der Waals surface area contributed by atoms with Gasteiger partial charge in [0, 0.05) is 25.7 Å². The number of ether oxygens (including phenoxy) is 3. The van der Waals surface area contributed by atoms with Crippen LogP contribution in [0.4, 0.5) is 5.69 Å². The molecule has 0 amide bonds. The largest absolute Gasteiger partial charge is 0.454 e. The molecule has 160 valence electrons. The Labute approximate surface area is 176 Å². The van der Waals surface area contributed by atoms with Crippen molar-refractivity contribution >= 4 is 11.7 Å². The third kappa shape index (κ3) is 7.42. The molecule has 0 spiro atoms. The summed E-state index contributed by atoms with van der Waals surface area (Å²) in [6, 6.07) is 14.9. The maximum absolute atomic E-state index is 12.6. The van der Waals surface area contributed by atoms with E-state index in [4.69, 9.17) is 14.2 Å². The number of methoxy groups -OCH3 is 1. The van der Waals surface area contributed by atoms with Gasteiger partial charge in [-0.2, -0.15) is 0 Å². The van der Waals surface area contributed by atoms with E-state index in [-0.39, 0.29) is 24.0 Å². The second kappa shape index (κ2) is 11.8. The zero-order chi connectivity index (χ0) is 21.9. The summed E-state index contributed by atoms with van der Waals surface area (Å²) in [4.78, 5) is 22.9. The first kappa shape index (κ1) is 23.3. The second-order valence-electron chi connectivity index (χ2n) is 7.08. The Hall–Kier alpha value is -3.03. The minimum atomic E-state index is -0.525. The molecule has 0 aliphatic rings. The van der Waals surface area contributed by atoms with E-state index in [0.717, 1.165) is 11.1 Å². The average molecular weight is 413 g/mol. The van der Waals surface area contributed by atoms with E-state index in [0.29, 0.717) is 13.0 Å². The molecule has 2 rings (SSSR count). The van der Waals surface area contributed by atoms with Gasteiger partial charge in [-0.25, -0.2) is 4.79 Å². The number of hydrogen-bond donors (Lipinski definition) is 0.